The van der Waals surface area contributed by atoms with Crippen LogP contribution >= 0.6 is 11.6 Å². The Hall–Kier alpha value is -2.75. The minimum absolute atomic E-state index is 0.0428. The maximum Gasteiger partial charge on any atom is 0.244 e. The van der Waals surface area contributed by atoms with E-state index in [4.69, 9.17) is 21.1 Å². The molecular formula is C22H24ClN3O5S. The first-order valence-corrected chi connectivity index (χ1v) is 12.2. The number of benzene rings is 2. The predicted octanol–water partition coefficient (Wildman–Crippen LogP) is 2.35. The molecule has 0 aliphatic carbocycles. The number of halogens is 1. The summed E-state index contributed by atoms with van der Waals surface area (Å²) in [5.41, 5.74) is 1.77. The van der Waals surface area contributed by atoms with Gasteiger partial charge in [0.25, 0.3) is 0 Å². The summed E-state index contributed by atoms with van der Waals surface area (Å²) in [4.78, 5) is 14.2. The molecule has 1 saturated heterocycles. The van der Waals surface area contributed by atoms with Crippen molar-refractivity contribution in [3.63, 3.8) is 0 Å². The van der Waals surface area contributed by atoms with Gasteiger partial charge in [0.1, 0.15) is 0 Å². The van der Waals surface area contributed by atoms with Crippen LogP contribution in [0, 0.1) is 0 Å². The molecule has 2 aliphatic rings. The van der Waals surface area contributed by atoms with Crippen LogP contribution in [0.5, 0.6) is 11.5 Å². The molecular weight excluding hydrogens is 454 g/mol. The van der Waals surface area contributed by atoms with Crippen molar-refractivity contribution in [2.75, 3.05) is 50.2 Å². The number of fused-ring (bicyclic) bond motifs is 1. The largest absolute Gasteiger partial charge is 0.454 e. The zero-order chi connectivity index (χ0) is 22.6. The van der Waals surface area contributed by atoms with Crippen LogP contribution in [0.1, 0.15) is 5.56 Å². The number of carbonyl (C=O) groups is 1. The van der Waals surface area contributed by atoms with Gasteiger partial charge in [0.15, 0.2) is 11.5 Å². The molecule has 2 heterocycles. The molecule has 1 amide bonds. The topological polar surface area (TPSA) is 88.2 Å². The zero-order valence-corrected chi connectivity index (χ0v) is 18.9. The van der Waals surface area contributed by atoms with Gasteiger partial charge < -0.3 is 19.7 Å². The minimum Gasteiger partial charge on any atom is -0.454 e. The molecule has 0 unspecified atom stereocenters. The first-order valence-electron chi connectivity index (χ1n) is 10.2. The second-order valence-corrected chi connectivity index (χ2v) is 9.94. The fourth-order valence-electron chi connectivity index (χ4n) is 3.58. The lowest BCUT2D eigenvalue weighted by molar-refractivity contribution is -0.116. The van der Waals surface area contributed by atoms with Gasteiger partial charge in [-0.2, -0.15) is 4.31 Å². The third-order valence-corrected chi connectivity index (χ3v) is 7.40. The first kappa shape index (κ1) is 22.4. The number of nitrogens with zero attached hydrogens (tertiary/aromatic N) is 2. The second-order valence-electron chi connectivity index (χ2n) is 7.42. The van der Waals surface area contributed by atoms with Gasteiger partial charge in [0.2, 0.25) is 22.7 Å². The van der Waals surface area contributed by atoms with E-state index in [1.54, 1.807) is 18.2 Å². The maximum atomic E-state index is 12.6. The average Bonchev–Trinajstić information content (AvgIpc) is 3.26. The number of amides is 1. The number of hydrogen-bond donors (Lipinski definition) is 1. The van der Waals surface area contributed by atoms with Crippen molar-refractivity contribution in [1.29, 1.82) is 0 Å². The van der Waals surface area contributed by atoms with Crippen molar-refractivity contribution in [3.05, 3.63) is 59.1 Å². The molecule has 4 rings (SSSR count). The van der Waals surface area contributed by atoms with Crippen LogP contribution in [0.15, 0.2) is 48.5 Å². The molecule has 170 valence electrons. The molecule has 10 heteroatoms. The molecule has 0 spiro atoms. The summed E-state index contributed by atoms with van der Waals surface area (Å²) in [6, 6.07) is 12.9. The van der Waals surface area contributed by atoms with Gasteiger partial charge in [-0.05, 0) is 42.0 Å². The summed E-state index contributed by atoms with van der Waals surface area (Å²) in [5.74, 6) is 0.802. The highest BCUT2D eigenvalue weighted by Crippen LogP contribution is 2.32. The van der Waals surface area contributed by atoms with E-state index in [1.165, 1.54) is 10.4 Å². The molecule has 1 fully saturated rings. The lowest BCUT2D eigenvalue weighted by atomic mass is 10.2. The highest BCUT2D eigenvalue weighted by molar-refractivity contribution is 7.89. The Kier molecular flexibility index (Phi) is 6.88. The first-order chi connectivity index (χ1) is 15.4. The van der Waals surface area contributed by atoms with Crippen LogP contribution in [0.3, 0.4) is 0 Å². The summed E-state index contributed by atoms with van der Waals surface area (Å²) >= 11 is 6.04. The van der Waals surface area contributed by atoms with Gasteiger partial charge in [-0.25, -0.2) is 8.42 Å². The Balaban J connectivity index is 1.22. The van der Waals surface area contributed by atoms with Gasteiger partial charge in [-0.1, -0.05) is 23.7 Å². The lowest BCUT2D eigenvalue weighted by Gasteiger charge is -2.35. The molecule has 0 radical (unpaired) electrons. The summed E-state index contributed by atoms with van der Waals surface area (Å²) in [6.45, 7) is 2.20. The minimum atomic E-state index is -3.46. The number of hydrogen-bond acceptors (Lipinski definition) is 6. The van der Waals surface area contributed by atoms with E-state index in [1.807, 2.05) is 30.3 Å². The van der Waals surface area contributed by atoms with Crippen LogP contribution in [0.4, 0.5) is 5.69 Å². The number of nitrogens with one attached hydrogen (secondary N) is 1. The second kappa shape index (κ2) is 9.81. The highest BCUT2D eigenvalue weighted by atomic mass is 35.5. The smallest absolute Gasteiger partial charge is 0.244 e. The van der Waals surface area contributed by atoms with Crippen molar-refractivity contribution in [2.24, 2.45) is 0 Å². The molecule has 1 N–H and O–H groups in total. The summed E-state index contributed by atoms with van der Waals surface area (Å²) in [6.07, 6.45) is 3.01. The molecule has 32 heavy (non-hydrogen) atoms. The Morgan fingerprint density at radius 3 is 2.62 bits per heavy atom. The van der Waals surface area contributed by atoms with Crippen LogP contribution < -0.4 is 19.7 Å². The standard InChI is InChI=1S/C22H24ClN3O5S/c23-18-2-1-3-19(15-18)25-9-11-26(12-10-25)32(28,29)13-8-24-22(27)7-5-17-4-6-20-21(14-17)31-16-30-20/h1-7,14-15H,8-13,16H2,(H,24,27)/b7-5+. The van der Waals surface area contributed by atoms with Gasteiger partial charge in [-0.15, -0.1) is 0 Å². The van der Waals surface area contributed by atoms with E-state index in [0.717, 1.165) is 11.3 Å². The Morgan fingerprint density at radius 1 is 1.06 bits per heavy atom. The fourth-order valence-corrected chi connectivity index (χ4v) is 5.10. The molecule has 0 atom stereocenters. The van der Waals surface area contributed by atoms with E-state index in [9.17, 15) is 13.2 Å². The normalized spacial score (nSPS) is 16.5. The number of rotatable bonds is 7. The summed E-state index contributed by atoms with van der Waals surface area (Å²) in [7, 11) is -3.46. The number of sulfonamides is 1. The third-order valence-electron chi connectivity index (χ3n) is 5.29. The van der Waals surface area contributed by atoms with Crippen LogP contribution in [-0.2, 0) is 14.8 Å². The van der Waals surface area contributed by atoms with Crippen LogP contribution in [0.2, 0.25) is 5.02 Å². The van der Waals surface area contributed by atoms with Crippen molar-refractivity contribution in [1.82, 2.24) is 9.62 Å². The van der Waals surface area contributed by atoms with Gasteiger partial charge in [-0.3, -0.25) is 4.79 Å². The number of anilines is 1. The van der Waals surface area contributed by atoms with E-state index >= 15 is 0 Å². The molecule has 0 bridgehead atoms. The molecule has 0 saturated carbocycles. The quantitative estimate of drug-likeness (QED) is 0.616. The van der Waals surface area contributed by atoms with Crippen LogP contribution in [0.25, 0.3) is 6.08 Å². The monoisotopic (exact) mass is 477 g/mol. The summed E-state index contributed by atoms with van der Waals surface area (Å²) < 4.78 is 37.3. The SMILES string of the molecule is O=C(/C=C/c1ccc2c(c1)OCO2)NCCS(=O)(=O)N1CCN(c2cccc(Cl)c2)CC1. The maximum absolute atomic E-state index is 12.6. The van der Waals surface area contributed by atoms with Crippen molar-refractivity contribution in [3.8, 4) is 11.5 Å². The predicted molar refractivity (Wildman–Crippen MR) is 124 cm³/mol. The number of carbonyl (C=O) groups excluding carboxylic acids is 1. The van der Waals surface area contributed by atoms with Crippen LogP contribution in [-0.4, -0.2) is 63.9 Å². The molecule has 2 aromatic rings. The molecule has 2 aliphatic heterocycles. The Labute approximate surface area is 192 Å². The fraction of sp³-hybridized carbons (Fsp3) is 0.318. The number of ether oxygens (including phenoxy) is 2. The van der Waals surface area contributed by atoms with Crippen molar-refractivity contribution >= 4 is 39.3 Å². The van der Waals surface area contributed by atoms with Gasteiger partial charge in [0, 0.05) is 49.5 Å². The highest BCUT2D eigenvalue weighted by Gasteiger charge is 2.26. The van der Waals surface area contributed by atoms with E-state index in [0.29, 0.717) is 42.7 Å². The molecule has 0 aromatic heterocycles. The van der Waals surface area contributed by atoms with Crippen molar-refractivity contribution < 1.29 is 22.7 Å². The zero-order valence-electron chi connectivity index (χ0n) is 17.4. The molecule has 2 aromatic carbocycles. The van der Waals surface area contributed by atoms with Gasteiger partial charge in [0.05, 0.1) is 5.75 Å². The molecule has 8 nitrogen and oxygen atoms in total. The Morgan fingerprint density at radius 2 is 1.84 bits per heavy atom. The third kappa shape index (κ3) is 5.53. The van der Waals surface area contributed by atoms with E-state index in [-0.39, 0.29) is 25.0 Å². The van der Waals surface area contributed by atoms with Crippen molar-refractivity contribution in [2.45, 2.75) is 0 Å². The van der Waals surface area contributed by atoms with E-state index in [2.05, 4.69) is 10.2 Å². The Bertz CT molecular complexity index is 1110. The average molecular weight is 478 g/mol. The summed E-state index contributed by atoms with van der Waals surface area (Å²) in [5, 5.41) is 3.28. The van der Waals surface area contributed by atoms with E-state index < -0.39 is 10.0 Å². The number of piperazine rings is 1. The lowest BCUT2D eigenvalue weighted by Crippen LogP contribution is -2.50. The van der Waals surface area contributed by atoms with Gasteiger partial charge >= 0.3 is 0 Å².